The maximum atomic E-state index is 13.2. The van der Waals surface area contributed by atoms with Crippen molar-refractivity contribution in [1.82, 2.24) is 9.47 Å². The molecule has 4 rings (SSSR count). The first-order valence-electron chi connectivity index (χ1n) is 11.7. The zero-order chi connectivity index (χ0) is 23.4. The van der Waals surface area contributed by atoms with Crippen molar-refractivity contribution >= 4 is 33.9 Å². The highest BCUT2D eigenvalue weighted by Gasteiger charge is 2.31. The molecule has 1 aromatic heterocycles. The molecule has 176 valence electrons. The van der Waals surface area contributed by atoms with Crippen molar-refractivity contribution in [3.8, 4) is 0 Å². The minimum atomic E-state index is -4.39. The van der Waals surface area contributed by atoms with Gasteiger partial charge in [-0.25, -0.2) is 0 Å². The van der Waals surface area contributed by atoms with Crippen LogP contribution < -0.4 is 5.32 Å². The maximum absolute atomic E-state index is 13.2. The summed E-state index contributed by atoms with van der Waals surface area (Å²) >= 11 is 5.80. The average molecular weight is 474 g/mol. The highest BCUT2D eigenvalue weighted by Crippen LogP contribution is 2.32. The molecule has 3 aromatic rings. The van der Waals surface area contributed by atoms with Gasteiger partial charge >= 0.3 is 6.18 Å². The van der Waals surface area contributed by atoms with Crippen molar-refractivity contribution < 1.29 is 13.2 Å². The third-order valence-corrected chi connectivity index (χ3v) is 6.86. The molecule has 1 N–H and O–H groups in total. The summed E-state index contributed by atoms with van der Waals surface area (Å²) in [7, 11) is 0. The topological polar surface area (TPSA) is 20.2 Å². The third kappa shape index (κ3) is 5.52. The van der Waals surface area contributed by atoms with Crippen molar-refractivity contribution in [3.63, 3.8) is 0 Å². The molecule has 0 unspecified atom stereocenters. The van der Waals surface area contributed by atoms with E-state index in [0.29, 0.717) is 17.3 Å². The molecular formula is C26H30F3N3S. The fourth-order valence-electron chi connectivity index (χ4n) is 4.80. The van der Waals surface area contributed by atoms with Crippen LogP contribution in [0.5, 0.6) is 0 Å². The maximum Gasteiger partial charge on any atom is 0.416 e. The van der Waals surface area contributed by atoms with E-state index in [0.717, 1.165) is 44.4 Å². The molecule has 0 amide bonds. The molecule has 33 heavy (non-hydrogen) atoms. The van der Waals surface area contributed by atoms with Crippen LogP contribution in [-0.2, 0) is 19.3 Å². The van der Waals surface area contributed by atoms with Gasteiger partial charge in [0.1, 0.15) is 0 Å². The van der Waals surface area contributed by atoms with Crippen LogP contribution >= 0.6 is 12.2 Å². The van der Waals surface area contributed by atoms with Crippen molar-refractivity contribution in [2.45, 2.75) is 70.8 Å². The predicted molar refractivity (Wildman–Crippen MR) is 132 cm³/mol. The van der Waals surface area contributed by atoms with Crippen molar-refractivity contribution in [2.75, 3.05) is 5.32 Å². The van der Waals surface area contributed by atoms with E-state index in [-0.39, 0.29) is 6.04 Å². The smallest absolute Gasteiger partial charge is 0.347 e. The number of fused-ring (bicyclic) bond motifs is 1. The summed E-state index contributed by atoms with van der Waals surface area (Å²) in [6, 6.07) is 13.9. The van der Waals surface area contributed by atoms with Crippen LogP contribution in [0.15, 0.2) is 54.7 Å². The number of benzene rings is 2. The number of para-hydroxylation sites is 1. The molecule has 1 aliphatic carbocycles. The van der Waals surface area contributed by atoms with E-state index in [2.05, 4.69) is 40.0 Å². The Morgan fingerprint density at radius 3 is 2.48 bits per heavy atom. The average Bonchev–Trinajstić information content (AvgIpc) is 2.95. The molecule has 7 heteroatoms. The second-order valence-electron chi connectivity index (χ2n) is 8.74. The zero-order valence-electron chi connectivity index (χ0n) is 18.9. The van der Waals surface area contributed by atoms with E-state index >= 15 is 0 Å². The van der Waals surface area contributed by atoms with Crippen LogP contribution in [0.25, 0.3) is 10.9 Å². The van der Waals surface area contributed by atoms with Gasteiger partial charge in [-0.05, 0) is 61.8 Å². The van der Waals surface area contributed by atoms with Gasteiger partial charge in [-0.1, -0.05) is 49.9 Å². The lowest BCUT2D eigenvalue weighted by molar-refractivity contribution is -0.137. The highest BCUT2D eigenvalue weighted by atomic mass is 32.1. The Morgan fingerprint density at radius 1 is 1.06 bits per heavy atom. The van der Waals surface area contributed by atoms with Crippen molar-refractivity contribution in [1.29, 1.82) is 0 Å². The summed E-state index contributed by atoms with van der Waals surface area (Å²) in [5, 5.41) is 4.79. The predicted octanol–water partition coefficient (Wildman–Crippen LogP) is 7.60. The molecular weight excluding hydrogens is 443 g/mol. The van der Waals surface area contributed by atoms with Crippen LogP contribution in [0, 0.1) is 0 Å². The van der Waals surface area contributed by atoms with E-state index < -0.39 is 11.7 Å². The lowest BCUT2D eigenvalue weighted by Crippen LogP contribution is -2.42. The quantitative estimate of drug-likeness (QED) is 0.304. The largest absolute Gasteiger partial charge is 0.416 e. The molecule has 0 spiro atoms. The minimum Gasteiger partial charge on any atom is -0.347 e. The molecule has 1 heterocycles. The Hall–Kier alpha value is -2.54. The summed E-state index contributed by atoms with van der Waals surface area (Å²) in [6.45, 7) is 3.62. The standard InChI is InChI=1S/C26H30F3N3S/c1-2-31-17-19(23-14-7-8-15-24(23)31)18-32(22-12-5-3-4-6-13-22)25(33)30-21-11-9-10-20(16-21)26(27,28)29/h7-11,14-17,22H,2-6,12-13,18H2,1H3,(H,30,33). The third-order valence-electron chi connectivity index (χ3n) is 6.52. The molecule has 1 saturated carbocycles. The van der Waals surface area contributed by atoms with Crippen LogP contribution in [0.2, 0.25) is 0 Å². The van der Waals surface area contributed by atoms with Crippen LogP contribution in [0.4, 0.5) is 18.9 Å². The number of thiocarbonyl (C=S) groups is 1. The fourth-order valence-corrected chi connectivity index (χ4v) is 5.13. The normalized spacial score (nSPS) is 15.4. The van der Waals surface area contributed by atoms with Gasteiger partial charge in [-0.15, -0.1) is 0 Å². The Labute approximate surface area is 198 Å². The number of nitrogens with zero attached hydrogens (tertiary/aromatic N) is 2. The van der Waals surface area contributed by atoms with Gasteiger partial charge in [0, 0.05) is 41.9 Å². The van der Waals surface area contributed by atoms with E-state index in [1.165, 1.54) is 35.4 Å². The van der Waals surface area contributed by atoms with Gasteiger partial charge in [0.25, 0.3) is 0 Å². The van der Waals surface area contributed by atoms with Crippen LogP contribution in [0.3, 0.4) is 0 Å². The number of aromatic nitrogens is 1. The second-order valence-corrected chi connectivity index (χ2v) is 9.13. The molecule has 0 aliphatic heterocycles. The number of anilines is 1. The van der Waals surface area contributed by atoms with Gasteiger partial charge in [-0.3, -0.25) is 0 Å². The van der Waals surface area contributed by atoms with Crippen molar-refractivity contribution in [3.05, 3.63) is 65.9 Å². The van der Waals surface area contributed by atoms with Gasteiger partial charge in [0.05, 0.1) is 5.56 Å². The minimum absolute atomic E-state index is 0.266. The van der Waals surface area contributed by atoms with E-state index in [1.807, 2.05) is 12.1 Å². The second kappa shape index (κ2) is 10.2. The number of rotatable bonds is 5. The Balaban J connectivity index is 1.64. The molecule has 1 fully saturated rings. The number of nitrogens with one attached hydrogen (secondary N) is 1. The Morgan fingerprint density at radius 2 is 1.79 bits per heavy atom. The summed E-state index contributed by atoms with van der Waals surface area (Å²) in [4.78, 5) is 2.20. The first-order valence-corrected chi connectivity index (χ1v) is 12.1. The zero-order valence-corrected chi connectivity index (χ0v) is 19.7. The Kier molecular flexibility index (Phi) is 7.27. The molecule has 3 nitrogen and oxygen atoms in total. The van der Waals surface area contributed by atoms with E-state index in [9.17, 15) is 13.2 Å². The van der Waals surface area contributed by atoms with Gasteiger partial charge in [-0.2, -0.15) is 13.2 Å². The SMILES string of the molecule is CCn1cc(CN(C(=S)Nc2cccc(C(F)(F)F)c2)C2CCCCCC2)c2ccccc21. The number of hydrogen-bond acceptors (Lipinski definition) is 1. The molecule has 0 bridgehead atoms. The molecule has 0 radical (unpaired) electrons. The lowest BCUT2D eigenvalue weighted by atomic mass is 10.1. The van der Waals surface area contributed by atoms with E-state index in [1.54, 1.807) is 6.07 Å². The first-order chi connectivity index (χ1) is 15.9. The van der Waals surface area contributed by atoms with Gasteiger partial charge in [0.15, 0.2) is 5.11 Å². The monoisotopic (exact) mass is 473 g/mol. The first kappa shape index (κ1) is 23.6. The summed E-state index contributed by atoms with van der Waals surface area (Å²) in [5.74, 6) is 0. The van der Waals surface area contributed by atoms with Crippen molar-refractivity contribution in [2.24, 2.45) is 0 Å². The molecule has 2 aromatic carbocycles. The summed E-state index contributed by atoms with van der Waals surface area (Å²) < 4.78 is 41.8. The summed E-state index contributed by atoms with van der Waals surface area (Å²) in [5.41, 5.74) is 2.06. The Bertz CT molecular complexity index is 1100. The molecule has 0 atom stereocenters. The number of halogens is 3. The number of alkyl halides is 3. The number of hydrogen-bond donors (Lipinski definition) is 1. The van der Waals surface area contributed by atoms with Gasteiger partial charge in [0.2, 0.25) is 0 Å². The van der Waals surface area contributed by atoms with Gasteiger partial charge < -0.3 is 14.8 Å². The molecule has 0 saturated heterocycles. The number of aryl methyl sites for hydroxylation is 1. The summed E-state index contributed by atoms with van der Waals surface area (Å²) in [6.07, 6.45) is 4.59. The fraction of sp³-hybridized carbons (Fsp3) is 0.423. The highest BCUT2D eigenvalue weighted by molar-refractivity contribution is 7.80. The van der Waals surface area contributed by atoms with E-state index in [4.69, 9.17) is 12.2 Å². The van der Waals surface area contributed by atoms with Crippen LogP contribution in [-0.4, -0.2) is 20.6 Å². The lowest BCUT2D eigenvalue weighted by Gasteiger charge is -2.34. The van der Waals surface area contributed by atoms with Crippen LogP contribution in [0.1, 0.15) is 56.6 Å². The molecule has 1 aliphatic rings.